The van der Waals surface area contributed by atoms with E-state index in [2.05, 4.69) is 60.2 Å². The number of rotatable bonds is 2. The summed E-state index contributed by atoms with van der Waals surface area (Å²) in [4.78, 5) is 8.89. The topological polar surface area (TPSA) is 24.7 Å². The summed E-state index contributed by atoms with van der Waals surface area (Å²) in [5.41, 5.74) is 5.26. The summed E-state index contributed by atoms with van der Waals surface area (Å²) < 4.78 is 0. The molecule has 2 heteroatoms. The van der Waals surface area contributed by atoms with Gasteiger partial charge in [-0.25, -0.2) is 4.99 Å². The molecule has 0 fully saturated rings. The van der Waals surface area contributed by atoms with E-state index in [1.807, 2.05) is 6.21 Å². The zero-order valence-electron chi connectivity index (χ0n) is 12.1. The highest BCUT2D eigenvalue weighted by atomic mass is 14.9. The van der Waals surface area contributed by atoms with Crippen molar-refractivity contribution in [3.63, 3.8) is 0 Å². The van der Waals surface area contributed by atoms with E-state index in [-0.39, 0.29) is 6.04 Å². The van der Waals surface area contributed by atoms with Crippen LogP contribution in [-0.2, 0) is 0 Å². The monoisotopic (exact) mass is 264 g/mol. The van der Waals surface area contributed by atoms with Crippen LogP contribution in [0.25, 0.3) is 0 Å². The van der Waals surface area contributed by atoms with Gasteiger partial charge in [-0.3, -0.25) is 4.99 Å². The van der Waals surface area contributed by atoms with Crippen molar-refractivity contribution in [3.8, 4) is 0 Å². The molecule has 0 N–H and O–H groups in total. The number of hydrogen-bond acceptors (Lipinski definition) is 2. The Labute approximate surface area is 120 Å². The second-order valence-corrected chi connectivity index (χ2v) is 5.49. The van der Waals surface area contributed by atoms with Gasteiger partial charge in [-0.2, -0.15) is 0 Å². The molecule has 1 aliphatic heterocycles. The van der Waals surface area contributed by atoms with Crippen molar-refractivity contribution in [2.24, 2.45) is 15.9 Å². The van der Waals surface area contributed by atoms with Crippen LogP contribution in [0.3, 0.4) is 0 Å². The molecule has 2 atom stereocenters. The molecule has 1 heterocycles. The fraction of sp³-hybridized carbons (Fsp3) is 0.333. The molecule has 2 nitrogen and oxygen atoms in total. The molecule has 0 saturated heterocycles. The molecule has 1 aromatic rings. The first-order valence-corrected chi connectivity index (χ1v) is 7.34. The van der Waals surface area contributed by atoms with E-state index in [1.165, 1.54) is 22.3 Å². The Bertz CT molecular complexity index is 620. The minimum atomic E-state index is 0.0859. The number of allylic oxidation sites excluding steroid dienone is 2. The Balaban J connectivity index is 2.02. The van der Waals surface area contributed by atoms with Gasteiger partial charge in [-0.1, -0.05) is 55.8 Å². The largest absolute Gasteiger partial charge is 0.261 e. The Morgan fingerprint density at radius 3 is 2.95 bits per heavy atom. The summed E-state index contributed by atoms with van der Waals surface area (Å²) in [6.07, 6.45) is 10.5. The van der Waals surface area contributed by atoms with Gasteiger partial charge in [0.05, 0.1) is 0 Å². The third-order valence-corrected chi connectivity index (χ3v) is 4.20. The van der Waals surface area contributed by atoms with Crippen LogP contribution < -0.4 is 0 Å². The molecular formula is C18H20N2. The Morgan fingerprint density at radius 2 is 2.10 bits per heavy atom. The van der Waals surface area contributed by atoms with Crippen molar-refractivity contribution in [1.82, 2.24) is 0 Å². The lowest BCUT2D eigenvalue weighted by atomic mass is 9.84. The molecule has 20 heavy (non-hydrogen) atoms. The number of nitrogens with zero attached hydrogens (tertiary/aromatic N) is 2. The summed E-state index contributed by atoms with van der Waals surface area (Å²) in [6, 6.07) is 8.49. The van der Waals surface area contributed by atoms with E-state index in [1.54, 1.807) is 6.34 Å². The lowest BCUT2D eigenvalue weighted by Crippen LogP contribution is -2.08. The van der Waals surface area contributed by atoms with Gasteiger partial charge in [0.1, 0.15) is 12.4 Å². The quantitative estimate of drug-likeness (QED) is 0.752. The van der Waals surface area contributed by atoms with Gasteiger partial charge in [0.2, 0.25) is 0 Å². The van der Waals surface area contributed by atoms with Crippen LogP contribution in [-0.4, -0.2) is 12.6 Å². The Hall–Kier alpha value is -1.96. The van der Waals surface area contributed by atoms with E-state index in [4.69, 9.17) is 0 Å². The number of aliphatic imine (C=N–C) groups is 2. The first-order chi connectivity index (χ1) is 9.79. The van der Waals surface area contributed by atoms with Gasteiger partial charge in [0.25, 0.3) is 0 Å². The Kier molecular flexibility index (Phi) is 3.64. The van der Waals surface area contributed by atoms with E-state index in [0.717, 1.165) is 12.8 Å². The predicted molar refractivity (Wildman–Crippen MR) is 85.5 cm³/mol. The van der Waals surface area contributed by atoms with Crippen LogP contribution in [0, 0.1) is 5.92 Å². The zero-order valence-corrected chi connectivity index (χ0v) is 12.1. The molecular weight excluding hydrogens is 244 g/mol. The van der Waals surface area contributed by atoms with E-state index in [9.17, 15) is 0 Å². The van der Waals surface area contributed by atoms with Gasteiger partial charge < -0.3 is 0 Å². The first kappa shape index (κ1) is 13.0. The van der Waals surface area contributed by atoms with Gasteiger partial charge >= 0.3 is 0 Å². The minimum Gasteiger partial charge on any atom is -0.261 e. The number of hydrogen-bond donors (Lipinski definition) is 0. The molecule has 1 aromatic carbocycles. The fourth-order valence-corrected chi connectivity index (χ4v) is 2.96. The van der Waals surface area contributed by atoms with Gasteiger partial charge in [0, 0.05) is 6.21 Å². The van der Waals surface area contributed by atoms with Crippen LogP contribution in [0.4, 0.5) is 0 Å². The molecule has 1 aliphatic carbocycles. The van der Waals surface area contributed by atoms with Crippen LogP contribution in [0.2, 0.25) is 0 Å². The van der Waals surface area contributed by atoms with E-state index in [0.29, 0.717) is 5.92 Å². The van der Waals surface area contributed by atoms with Gasteiger partial charge in [-0.05, 0) is 35.5 Å². The number of fused-ring (bicyclic) bond motifs is 1. The van der Waals surface area contributed by atoms with Crippen LogP contribution in [0.5, 0.6) is 0 Å². The van der Waals surface area contributed by atoms with Gasteiger partial charge in [-0.15, -0.1) is 0 Å². The van der Waals surface area contributed by atoms with E-state index < -0.39 is 0 Å². The van der Waals surface area contributed by atoms with Crippen molar-refractivity contribution in [2.75, 3.05) is 0 Å². The molecule has 3 rings (SSSR count). The highest BCUT2D eigenvalue weighted by Gasteiger charge is 2.21. The van der Waals surface area contributed by atoms with Crippen molar-refractivity contribution in [3.05, 3.63) is 58.7 Å². The zero-order chi connectivity index (χ0) is 13.9. The molecule has 0 spiro atoms. The molecule has 0 aromatic heterocycles. The smallest absolute Gasteiger partial charge is 0.111 e. The average Bonchev–Trinajstić information content (AvgIpc) is 2.70. The van der Waals surface area contributed by atoms with Crippen molar-refractivity contribution >= 4 is 12.6 Å². The summed E-state index contributed by atoms with van der Waals surface area (Å²) in [5.74, 6) is 0.657. The highest BCUT2D eigenvalue weighted by Crippen LogP contribution is 2.35. The summed E-state index contributed by atoms with van der Waals surface area (Å²) in [7, 11) is 0. The second-order valence-electron chi connectivity index (χ2n) is 5.49. The third kappa shape index (κ3) is 2.38. The summed E-state index contributed by atoms with van der Waals surface area (Å²) in [6.45, 7) is 4.54. The third-order valence-electron chi connectivity index (χ3n) is 4.20. The molecule has 2 unspecified atom stereocenters. The standard InChI is InChI=1S/C18H20N2/c1-3-14-10-15(9-8-13(14)2)18-17-7-5-4-6-16(17)11-19-12-20-18/h4-7,9-13,18H,3,8H2,1-2H3. The fourth-order valence-electron chi connectivity index (χ4n) is 2.96. The number of benzene rings is 1. The molecule has 0 bridgehead atoms. The lowest BCUT2D eigenvalue weighted by molar-refractivity contribution is 0.645. The summed E-state index contributed by atoms with van der Waals surface area (Å²) in [5, 5.41) is 0. The average molecular weight is 264 g/mol. The predicted octanol–water partition coefficient (Wildman–Crippen LogP) is 4.49. The maximum atomic E-state index is 4.65. The van der Waals surface area contributed by atoms with E-state index >= 15 is 0 Å². The van der Waals surface area contributed by atoms with Crippen molar-refractivity contribution in [2.45, 2.75) is 32.7 Å². The van der Waals surface area contributed by atoms with Crippen molar-refractivity contribution < 1.29 is 0 Å². The maximum Gasteiger partial charge on any atom is 0.111 e. The molecule has 0 amide bonds. The Morgan fingerprint density at radius 1 is 1.25 bits per heavy atom. The lowest BCUT2D eigenvalue weighted by Gasteiger charge is -2.23. The van der Waals surface area contributed by atoms with Crippen LogP contribution >= 0.6 is 0 Å². The molecule has 102 valence electrons. The molecule has 0 radical (unpaired) electrons. The first-order valence-electron chi connectivity index (χ1n) is 7.34. The normalized spacial score (nSPS) is 24.7. The maximum absolute atomic E-state index is 4.65. The molecule has 2 aliphatic rings. The van der Waals surface area contributed by atoms with Gasteiger partial charge in [0.15, 0.2) is 0 Å². The minimum absolute atomic E-state index is 0.0859. The summed E-state index contributed by atoms with van der Waals surface area (Å²) >= 11 is 0. The highest BCUT2D eigenvalue weighted by molar-refractivity contribution is 5.89. The van der Waals surface area contributed by atoms with Crippen molar-refractivity contribution in [1.29, 1.82) is 0 Å². The SMILES string of the molecule is CCC1=CC(C2N=CN=Cc3ccccc32)=CCC1C. The van der Waals surface area contributed by atoms with Crippen LogP contribution in [0.1, 0.15) is 43.9 Å². The van der Waals surface area contributed by atoms with Crippen LogP contribution in [0.15, 0.2) is 57.5 Å². The molecule has 0 saturated carbocycles. The second kappa shape index (κ2) is 5.58.